The Hall–Kier alpha value is -0.414. The number of aryl methyl sites for hydroxylation is 1. The zero-order valence-corrected chi connectivity index (χ0v) is 22.7. The summed E-state index contributed by atoms with van der Waals surface area (Å²) in [7, 11) is -4.48. The van der Waals surface area contributed by atoms with Crippen molar-refractivity contribution in [2.75, 3.05) is 0 Å². The van der Waals surface area contributed by atoms with Gasteiger partial charge in [0.2, 0.25) is 0 Å². The van der Waals surface area contributed by atoms with Crippen molar-refractivity contribution in [1.29, 1.82) is 0 Å². The van der Waals surface area contributed by atoms with E-state index in [4.69, 9.17) is 4.74 Å². The Kier molecular flexibility index (Phi) is 14.2. The van der Waals surface area contributed by atoms with Crippen LogP contribution >= 0.6 is 0 Å². The summed E-state index contributed by atoms with van der Waals surface area (Å²) in [4.78, 5) is -0.407. The Morgan fingerprint density at radius 2 is 1.42 bits per heavy atom. The van der Waals surface area contributed by atoms with Crippen molar-refractivity contribution in [1.82, 2.24) is 0 Å². The van der Waals surface area contributed by atoms with E-state index in [1.807, 2.05) is 12.1 Å². The number of para-hydroxylation sites is 1. The fraction of sp³-hybridized carbons (Fsp3) is 0.500. The summed E-state index contributed by atoms with van der Waals surface area (Å²) in [6, 6.07) is 10.6. The van der Waals surface area contributed by atoms with Crippen LogP contribution in [0.4, 0.5) is 0 Å². The quantitative estimate of drug-likeness (QED) is 0.259. The fourth-order valence-electron chi connectivity index (χ4n) is 3.51. The van der Waals surface area contributed by atoms with Crippen molar-refractivity contribution in [2.45, 2.75) is 82.4 Å². The summed E-state index contributed by atoms with van der Waals surface area (Å²) in [5.41, 5.74) is 0.953. The summed E-state index contributed by atoms with van der Waals surface area (Å²) in [5.74, 6) is -0.0333. The van der Waals surface area contributed by atoms with Gasteiger partial charge >= 0.3 is 51.4 Å². The van der Waals surface area contributed by atoms with Gasteiger partial charge in [-0.3, -0.25) is 4.55 Å². The van der Waals surface area contributed by atoms with Crippen molar-refractivity contribution >= 4 is 10.1 Å². The molecule has 0 spiro atoms. The van der Waals surface area contributed by atoms with E-state index in [0.29, 0.717) is 5.75 Å². The van der Waals surface area contributed by atoms with E-state index in [-0.39, 0.29) is 62.9 Å². The van der Waals surface area contributed by atoms with E-state index in [0.717, 1.165) is 43.0 Å². The number of unbranched alkanes of at least 4 members (excludes halogenated alkanes) is 9. The molecule has 0 saturated carbocycles. The number of ether oxygens (including phenoxy) is 1. The average Bonchev–Trinajstić information content (AvgIpc) is 2.69. The van der Waals surface area contributed by atoms with Crippen molar-refractivity contribution in [3.05, 3.63) is 48.0 Å². The smallest absolute Gasteiger partial charge is 0.872 e. The molecule has 2 aromatic carbocycles. The molecule has 0 fully saturated rings. The van der Waals surface area contributed by atoms with Crippen LogP contribution < -0.4 is 61.2 Å². The van der Waals surface area contributed by atoms with Gasteiger partial charge in [0.25, 0.3) is 10.1 Å². The van der Waals surface area contributed by atoms with Crippen LogP contribution in [0.1, 0.15) is 76.7 Å². The van der Waals surface area contributed by atoms with Crippen molar-refractivity contribution in [2.24, 2.45) is 0 Å². The van der Waals surface area contributed by atoms with Crippen LogP contribution in [-0.4, -0.2) is 13.0 Å². The number of rotatable bonds is 14. The van der Waals surface area contributed by atoms with Crippen LogP contribution in [0, 0.1) is 0 Å². The van der Waals surface area contributed by atoms with Crippen LogP contribution in [0.2, 0.25) is 0 Å². The first-order valence-electron chi connectivity index (χ1n) is 11.0. The second-order valence-corrected chi connectivity index (χ2v) is 9.12. The predicted octanol–water partition coefficient (Wildman–Crippen LogP) is 3.27. The molecule has 0 saturated heterocycles. The third-order valence-corrected chi connectivity index (χ3v) is 6.08. The van der Waals surface area contributed by atoms with E-state index >= 15 is 0 Å². The maximum Gasteiger partial charge on any atom is 1.00 e. The Labute approximate surface area is 229 Å². The molecule has 0 heterocycles. The van der Waals surface area contributed by atoms with Crippen LogP contribution in [-0.2, 0) is 16.5 Å². The number of benzene rings is 2. The first kappa shape index (κ1) is 28.6. The van der Waals surface area contributed by atoms with E-state index in [9.17, 15) is 18.1 Å². The Balaban J connectivity index is 0.00000480. The van der Waals surface area contributed by atoms with Crippen molar-refractivity contribution in [3.8, 4) is 17.2 Å². The molecular weight excluding hydrogens is 439 g/mol. The van der Waals surface area contributed by atoms with Crippen LogP contribution in [0.25, 0.3) is 0 Å². The molecule has 31 heavy (non-hydrogen) atoms. The molecule has 0 unspecified atom stereocenters. The van der Waals surface area contributed by atoms with E-state index in [1.165, 1.54) is 51.4 Å². The summed E-state index contributed by atoms with van der Waals surface area (Å²) in [6.45, 7) is 2.23. The summed E-state index contributed by atoms with van der Waals surface area (Å²) in [5, 5.41) is 11.7. The Morgan fingerprint density at radius 1 is 0.839 bits per heavy atom. The third-order valence-electron chi connectivity index (χ3n) is 5.19. The van der Waals surface area contributed by atoms with Gasteiger partial charge in [-0.2, -0.15) is 8.42 Å². The number of hydrogen-bond donors (Lipinski definition) is 1. The monoisotopic (exact) mass is 472 g/mol. The molecule has 0 aromatic heterocycles. The first-order valence-corrected chi connectivity index (χ1v) is 12.4. The molecule has 0 bridgehead atoms. The predicted molar refractivity (Wildman–Crippen MR) is 118 cm³/mol. The molecule has 0 atom stereocenters. The van der Waals surface area contributed by atoms with Crippen LogP contribution in [0.15, 0.2) is 47.4 Å². The summed E-state index contributed by atoms with van der Waals surface area (Å²) >= 11 is 0. The zero-order chi connectivity index (χ0) is 21.8. The molecule has 2 rings (SSSR count). The Morgan fingerprint density at radius 3 is 2.03 bits per heavy atom. The molecule has 0 amide bonds. The molecule has 5 nitrogen and oxygen atoms in total. The minimum absolute atomic E-state index is 0. The molecule has 0 aliphatic carbocycles. The van der Waals surface area contributed by atoms with Gasteiger partial charge in [-0.05, 0) is 36.6 Å². The van der Waals surface area contributed by atoms with E-state index < -0.39 is 15.0 Å². The number of hydrogen-bond acceptors (Lipinski definition) is 4. The SMILES string of the molecule is CCCCCCCCCCCCc1ccccc1Oc1cc([O-])ccc1S(=O)(=O)O.[K+]. The molecule has 2 aromatic rings. The molecule has 0 aliphatic heterocycles. The summed E-state index contributed by atoms with van der Waals surface area (Å²) in [6.07, 6.45) is 13.4. The van der Waals surface area contributed by atoms with Gasteiger partial charge in [0.05, 0.1) is 0 Å². The maximum absolute atomic E-state index is 11.7. The van der Waals surface area contributed by atoms with Crippen LogP contribution in [0.3, 0.4) is 0 Å². The molecule has 166 valence electrons. The maximum atomic E-state index is 11.7. The van der Waals surface area contributed by atoms with Gasteiger partial charge in [-0.15, -0.1) is 5.75 Å². The Bertz CT molecular complexity index is 883. The molecule has 7 heteroatoms. The molecule has 0 aliphatic rings. The van der Waals surface area contributed by atoms with Gasteiger partial charge in [0.1, 0.15) is 16.4 Å². The fourth-order valence-corrected chi connectivity index (χ4v) is 4.11. The van der Waals surface area contributed by atoms with E-state index in [1.54, 1.807) is 12.1 Å². The van der Waals surface area contributed by atoms with Gasteiger partial charge in [0.15, 0.2) is 0 Å². The molecule has 0 radical (unpaired) electrons. The standard InChI is InChI=1S/C24H34O5S.K/c1-2-3-4-5-6-7-8-9-10-11-14-20-15-12-13-16-22(20)29-23-19-21(25)17-18-24(23)30(26,27)28;/h12-13,15-19,25H,2-11,14H2,1H3,(H,26,27,28);/q;+1/p-1. The van der Waals surface area contributed by atoms with Crippen LogP contribution in [0.5, 0.6) is 17.2 Å². The largest absolute Gasteiger partial charge is 1.00 e. The topological polar surface area (TPSA) is 86.7 Å². The van der Waals surface area contributed by atoms with Crippen molar-refractivity contribution < 1.29 is 74.2 Å². The molecule has 1 N–H and O–H groups in total. The van der Waals surface area contributed by atoms with Gasteiger partial charge in [-0.25, -0.2) is 0 Å². The first-order chi connectivity index (χ1) is 14.4. The van der Waals surface area contributed by atoms with Crippen molar-refractivity contribution in [3.63, 3.8) is 0 Å². The average molecular weight is 473 g/mol. The van der Waals surface area contributed by atoms with Gasteiger partial charge < -0.3 is 9.84 Å². The second-order valence-electron chi connectivity index (χ2n) is 7.73. The van der Waals surface area contributed by atoms with E-state index in [2.05, 4.69) is 6.92 Å². The minimum atomic E-state index is -4.48. The second kappa shape index (κ2) is 15.4. The normalized spacial score (nSPS) is 11.2. The zero-order valence-electron chi connectivity index (χ0n) is 18.8. The van der Waals surface area contributed by atoms with Gasteiger partial charge in [-0.1, -0.05) is 89.0 Å². The minimum Gasteiger partial charge on any atom is -0.872 e. The molecular formula is C24H33KO5S. The van der Waals surface area contributed by atoms with Gasteiger partial charge in [0, 0.05) is 0 Å². The third kappa shape index (κ3) is 10.8. The summed E-state index contributed by atoms with van der Waals surface area (Å²) < 4.78 is 38.3.